The van der Waals surface area contributed by atoms with Crippen molar-refractivity contribution in [2.75, 3.05) is 5.32 Å². The second kappa shape index (κ2) is 7.37. The predicted octanol–water partition coefficient (Wildman–Crippen LogP) is 5.68. The van der Waals surface area contributed by atoms with E-state index in [-0.39, 0.29) is 0 Å². The minimum atomic E-state index is 0.596. The average molecular weight is 360 g/mol. The lowest BCUT2D eigenvalue weighted by Gasteiger charge is -2.23. The monoisotopic (exact) mass is 359 g/mol. The molecule has 0 saturated heterocycles. The summed E-state index contributed by atoms with van der Waals surface area (Å²) in [5.41, 5.74) is 5.25. The minimum absolute atomic E-state index is 0.596. The van der Waals surface area contributed by atoms with Gasteiger partial charge in [-0.15, -0.1) is 0 Å². The molecule has 0 unspecified atom stereocenters. The second-order valence-corrected chi connectivity index (χ2v) is 6.90. The van der Waals surface area contributed by atoms with Gasteiger partial charge in [-0.3, -0.25) is 4.98 Å². The molecule has 24 heavy (non-hydrogen) atoms. The maximum absolute atomic E-state index is 5.89. The van der Waals surface area contributed by atoms with Crippen LogP contribution in [-0.2, 0) is 6.42 Å². The lowest BCUT2D eigenvalue weighted by Crippen LogP contribution is -2.21. The van der Waals surface area contributed by atoms with Crippen LogP contribution in [0.1, 0.15) is 24.6 Å². The predicted molar refractivity (Wildman–Crippen MR) is 102 cm³/mol. The number of nitrogens with one attached hydrogen (secondary N) is 1. The first kappa shape index (κ1) is 17.0. The Bertz CT molecular complexity index is 823. The number of nitrogens with zero attached hydrogens (tertiary/aromatic N) is 2. The zero-order valence-corrected chi connectivity index (χ0v) is 15.2. The van der Waals surface area contributed by atoms with Crippen LogP contribution in [0.15, 0.2) is 42.6 Å². The van der Waals surface area contributed by atoms with E-state index >= 15 is 0 Å². The maximum atomic E-state index is 5.89. The normalized spacial score (nSPS) is 15.9. The van der Waals surface area contributed by atoms with Gasteiger partial charge in [-0.05, 0) is 68.7 Å². The molecule has 1 aliphatic heterocycles. The fourth-order valence-electron chi connectivity index (χ4n) is 2.70. The Kier molecular flexibility index (Phi) is 5.22. The summed E-state index contributed by atoms with van der Waals surface area (Å²) in [6.07, 6.45) is 4.08. The molecule has 4 rings (SSSR count). The van der Waals surface area contributed by atoms with E-state index in [2.05, 4.69) is 34.3 Å². The van der Waals surface area contributed by atoms with Gasteiger partial charge >= 0.3 is 0 Å². The van der Waals surface area contributed by atoms with Crippen LogP contribution >= 0.6 is 23.2 Å². The first-order valence-electron chi connectivity index (χ1n) is 7.95. The van der Waals surface area contributed by atoms with Crippen molar-refractivity contribution >= 4 is 39.9 Å². The van der Waals surface area contributed by atoms with Crippen LogP contribution in [0.5, 0.6) is 0 Å². The fourth-order valence-corrected chi connectivity index (χ4v) is 3.06. The van der Waals surface area contributed by atoms with Crippen LogP contribution in [0.3, 0.4) is 0 Å². The van der Waals surface area contributed by atoms with Crippen molar-refractivity contribution in [3.05, 3.63) is 63.9 Å². The highest BCUT2D eigenvalue weighted by Gasteiger charge is 2.13. The summed E-state index contributed by atoms with van der Waals surface area (Å²) in [6, 6.07) is 12.1. The number of hydrogen-bond donors (Lipinski definition) is 1. The van der Waals surface area contributed by atoms with Gasteiger partial charge < -0.3 is 5.32 Å². The van der Waals surface area contributed by atoms with Crippen molar-refractivity contribution in [1.29, 1.82) is 0 Å². The fraction of sp³-hybridized carbons (Fsp3) is 0.263. The average Bonchev–Trinajstić information content (AvgIpc) is 2.56. The van der Waals surface area contributed by atoms with Crippen molar-refractivity contribution in [2.45, 2.75) is 32.7 Å². The standard InChI is InChI=1S/C10H12ClN.C9H7ClN2/c1-7-2-3-8-6-9(11)4-5-10(8)12-7;1-6-5-11-9-4-7(10)2-3-8(9)12-6/h4-7,12H,2-3H2,1H3;2-5H,1H3/t7-;/m0./s1. The number of halogens is 2. The SMILES string of the molecule is C[C@H]1CCc2cc(Cl)ccc2N1.Cc1cnc2cc(Cl)ccc2n1. The van der Waals surface area contributed by atoms with Gasteiger partial charge in [0.25, 0.3) is 0 Å². The quantitative estimate of drug-likeness (QED) is 0.561. The number of aromatic nitrogens is 2. The van der Waals surface area contributed by atoms with E-state index in [4.69, 9.17) is 23.2 Å². The molecule has 1 atom stereocenters. The van der Waals surface area contributed by atoms with E-state index < -0.39 is 0 Å². The third-order valence-corrected chi connectivity index (χ3v) is 4.41. The number of anilines is 1. The molecule has 124 valence electrons. The molecule has 0 aliphatic carbocycles. The van der Waals surface area contributed by atoms with E-state index in [9.17, 15) is 0 Å². The van der Waals surface area contributed by atoms with Gasteiger partial charge in [0.15, 0.2) is 0 Å². The highest BCUT2D eigenvalue weighted by atomic mass is 35.5. The number of aryl methyl sites for hydroxylation is 2. The molecule has 0 spiro atoms. The molecular weight excluding hydrogens is 341 g/mol. The van der Waals surface area contributed by atoms with Gasteiger partial charge in [-0.25, -0.2) is 4.98 Å². The van der Waals surface area contributed by atoms with E-state index in [0.29, 0.717) is 11.1 Å². The second-order valence-electron chi connectivity index (χ2n) is 6.03. The molecule has 1 aliphatic rings. The zero-order valence-electron chi connectivity index (χ0n) is 13.7. The van der Waals surface area contributed by atoms with E-state index in [1.165, 1.54) is 17.7 Å². The summed E-state index contributed by atoms with van der Waals surface area (Å²) in [4.78, 5) is 8.49. The van der Waals surface area contributed by atoms with E-state index in [1.807, 2.05) is 31.2 Å². The molecule has 3 aromatic rings. The van der Waals surface area contributed by atoms with Gasteiger partial charge in [0.1, 0.15) is 0 Å². The molecular formula is C19H19Cl2N3. The van der Waals surface area contributed by atoms with Gasteiger partial charge in [-0.2, -0.15) is 0 Å². The van der Waals surface area contributed by atoms with E-state index in [0.717, 1.165) is 28.2 Å². The van der Waals surface area contributed by atoms with Gasteiger partial charge in [0.2, 0.25) is 0 Å². The molecule has 2 heterocycles. The molecule has 0 radical (unpaired) electrons. The molecule has 0 fully saturated rings. The van der Waals surface area contributed by atoms with Crippen molar-refractivity contribution in [3.8, 4) is 0 Å². The Morgan fingerprint density at radius 1 is 1.04 bits per heavy atom. The summed E-state index contributed by atoms with van der Waals surface area (Å²) in [5, 5.41) is 4.96. The molecule has 1 N–H and O–H groups in total. The molecule has 0 amide bonds. The largest absolute Gasteiger partial charge is 0.382 e. The summed E-state index contributed by atoms with van der Waals surface area (Å²) >= 11 is 11.7. The van der Waals surface area contributed by atoms with Crippen molar-refractivity contribution < 1.29 is 0 Å². The van der Waals surface area contributed by atoms with Crippen LogP contribution in [0.25, 0.3) is 11.0 Å². The number of rotatable bonds is 0. The molecule has 5 heteroatoms. The Labute approximate surface area is 152 Å². The number of hydrogen-bond acceptors (Lipinski definition) is 3. The van der Waals surface area contributed by atoms with Gasteiger partial charge in [-0.1, -0.05) is 23.2 Å². The highest BCUT2D eigenvalue weighted by Crippen LogP contribution is 2.27. The lowest BCUT2D eigenvalue weighted by molar-refractivity contribution is 0.681. The molecule has 3 nitrogen and oxygen atoms in total. The summed E-state index contributed by atoms with van der Waals surface area (Å²) in [5.74, 6) is 0. The first-order chi connectivity index (χ1) is 11.5. The number of fused-ring (bicyclic) bond motifs is 2. The first-order valence-corrected chi connectivity index (χ1v) is 8.71. The number of benzene rings is 2. The smallest absolute Gasteiger partial charge is 0.0901 e. The topological polar surface area (TPSA) is 37.8 Å². The highest BCUT2D eigenvalue weighted by molar-refractivity contribution is 6.31. The van der Waals surface area contributed by atoms with E-state index in [1.54, 1.807) is 6.20 Å². The van der Waals surface area contributed by atoms with Crippen LogP contribution in [-0.4, -0.2) is 16.0 Å². The van der Waals surface area contributed by atoms with Crippen LogP contribution in [0.4, 0.5) is 5.69 Å². The molecule has 2 aromatic carbocycles. The Hall–Kier alpha value is -1.84. The summed E-state index contributed by atoms with van der Waals surface area (Å²) < 4.78 is 0. The molecule has 1 aromatic heterocycles. The van der Waals surface area contributed by atoms with Gasteiger partial charge in [0, 0.05) is 28.0 Å². The van der Waals surface area contributed by atoms with Crippen molar-refractivity contribution in [3.63, 3.8) is 0 Å². The molecule has 0 bridgehead atoms. The zero-order chi connectivity index (χ0) is 17.1. The van der Waals surface area contributed by atoms with Crippen LogP contribution < -0.4 is 5.32 Å². The van der Waals surface area contributed by atoms with Crippen molar-refractivity contribution in [2.24, 2.45) is 0 Å². The maximum Gasteiger partial charge on any atom is 0.0901 e. The van der Waals surface area contributed by atoms with Crippen molar-refractivity contribution in [1.82, 2.24) is 9.97 Å². The lowest BCUT2D eigenvalue weighted by atomic mass is 9.99. The summed E-state index contributed by atoms with van der Waals surface area (Å²) in [6.45, 7) is 4.12. The Morgan fingerprint density at radius 3 is 2.62 bits per heavy atom. The third kappa shape index (κ3) is 4.16. The summed E-state index contributed by atoms with van der Waals surface area (Å²) in [7, 11) is 0. The van der Waals surface area contributed by atoms with Crippen LogP contribution in [0, 0.1) is 6.92 Å². The molecule has 0 saturated carbocycles. The Balaban J connectivity index is 0.000000141. The Morgan fingerprint density at radius 2 is 1.79 bits per heavy atom. The minimum Gasteiger partial charge on any atom is -0.382 e. The third-order valence-electron chi connectivity index (χ3n) is 3.94. The van der Waals surface area contributed by atoms with Gasteiger partial charge in [0.05, 0.1) is 16.7 Å². The van der Waals surface area contributed by atoms with Crippen LogP contribution in [0.2, 0.25) is 10.0 Å².